The maximum absolute atomic E-state index is 12.2. The summed E-state index contributed by atoms with van der Waals surface area (Å²) < 4.78 is 10.6. The largest absolute Gasteiger partial charge is 0.494 e. The van der Waals surface area contributed by atoms with Crippen molar-refractivity contribution >= 4 is 18.0 Å². The zero-order valence-corrected chi connectivity index (χ0v) is 15.9. The lowest BCUT2D eigenvalue weighted by molar-refractivity contribution is -0.150. The molecule has 0 unspecified atom stereocenters. The fourth-order valence-corrected chi connectivity index (χ4v) is 3.10. The smallest absolute Gasteiger partial charge is 0.331 e. The van der Waals surface area contributed by atoms with Crippen LogP contribution >= 0.6 is 0 Å². The van der Waals surface area contributed by atoms with E-state index < -0.39 is 12.1 Å². The van der Waals surface area contributed by atoms with Gasteiger partial charge in [0.05, 0.1) is 6.61 Å². The van der Waals surface area contributed by atoms with Crippen molar-refractivity contribution in [3.63, 3.8) is 0 Å². The molecule has 2 rings (SSSR count). The Kier molecular flexibility index (Phi) is 7.70. The Morgan fingerprint density at radius 3 is 2.58 bits per heavy atom. The van der Waals surface area contributed by atoms with E-state index in [1.165, 1.54) is 12.5 Å². The van der Waals surface area contributed by atoms with Crippen LogP contribution in [0.1, 0.15) is 52.0 Å². The maximum Gasteiger partial charge on any atom is 0.331 e. The quantitative estimate of drug-likeness (QED) is 0.595. The van der Waals surface area contributed by atoms with Crippen LogP contribution in [0.2, 0.25) is 0 Å². The van der Waals surface area contributed by atoms with Gasteiger partial charge in [0.15, 0.2) is 6.10 Å². The molecule has 5 nitrogen and oxygen atoms in total. The molecule has 3 atom stereocenters. The molecule has 142 valence electrons. The van der Waals surface area contributed by atoms with Gasteiger partial charge in [-0.2, -0.15) is 0 Å². The minimum Gasteiger partial charge on any atom is -0.494 e. The van der Waals surface area contributed by atoms with Crippen LogP contribution in [0.5, 0.6) is 5.75 Å². The number of hydrogen-bond acceptors (Lipinski definition) is 4. The van der Waals surface area contributed by atoms with Gasteiger partial charge in [0.1, 0.15) is 5.75 Å². The first-order chi connectivity index (χ1) is 12.5. The van der Waals surface area contributed by atoms with E-state index >= 15 is 0 Å². The highest BCUT2D eigenvalue weighted by molar-refractivity contribution is 5.90. The SMILES string of the molecule is CCOc1ccc(/C=C/C(=O)O[C@@H](C)C(=O)N[C@H]2CCCC[C@@H]2C)cc1. The Labute approximate surface area is 155 Å². The van der Waals surface area contributed by atoms with Crippen molar-refractivity contribution in [2.24, 2.45) is 5.92 Å². The van der Waals surface area contributed by atoms with Gasteiger partial charge in [-0.05, 0) is 56.4 Å². The first-order valence-electron chi connectivity index (χ1n) is 9.41. The number of ether oxygens (including phenoxy) is 2. The van der Waals surface area contributed by atoms with Crippen LogP contribution < -0.4 is 10.1 Å². The predicted molar refractivity (Wildman–Crippen MR) is 102 cm³/mol. The Morgan fingerprint density at radius 1 is 1.23 bits per heavy atom. The van der Waals surface area contributed by atoms with Gasteiger partial charge in [0.25, 0.3) is 5.91 Å². The summed E-state index contributed by atoms with van der Waals surface area (Å²) in [5, 5.41) is 3.01. The average molecular weight is 359 g/mol. The van der Waals surface area contributed by atoms with Gasteiger partial charge in [-0.3, -0.25) is 4.79 Å². The number of carbonyl (C=O) groups excluding carboxylic acids is 2. The third kappa shape index (κ3) is 6.21. The van der Waals surface area contributed by atoms with E-state index in [2.05, 4.69) is 12.2 Å². The number of carbonyl (C=O) groups is 2. The maximum atomic E-state index is 12.2. The molecule has 26 heavy (non-hydrogen) atoms. The summed E-state index contributed by atoms with van der Waals surface area (Å²) >= 11 is 0. The molecule has 1 saturated carbocycles. The highest BCUT2D eigenvalue weighted by Gasteiger charge is 2.25. The Balaban J connectivity index is 1.81. The zero-order chi connectivity index (χ0) is 18.9. The molecule has 0 saturated heterocycles. The second-order valence-electron chi connectivity index (χ2n) is 6.79. The van der Waals surface area contributed by atoms with Crippen LogP contribution in [0.15, 0.2) is 30.3 Å². The van der Waals surface area contributed by atoms with Crippen LogP contribution in [0.25, 0.3) is 6.08 Å². The highest BCUT2D eigenvalue weighted by atomic mass is 16.5. The number of hydrogen-bond donors (Lipinski definition) is 1. The van der Waals surface area contributed by atoms with Crippen molar-refractivity contribution in [3.8, 4) is 5.75 Å². The number of benzene rings is 1. The lowest BCUT2D eigenvalue weighted by Crippen LogP contribution is -2.45. The van der Waals surface area contributed by atoms with E-state index in [-0.39, 0.29) is 11.9 Å². The average Bonchev–Trinajstić information content (AvgIpc) is 2.63. The monoisotopic (exact) mass is 359 g/mol. The summed E-state index contributed by atoms with van der Waals surface area (Å²) in [6.45, 7) is 6.29. The van der Waals surface area contributed by atoms with Gasteiger partial charge in [-0.25, -0.2) is 4.79 Å². The fourth-order valence-electron chi connectivity index (χ4n) is 3.10. The molecular formula is C21H29NO4. The predicted octanol–water partition coefficient (Wildman–Crippen LogP) is 3.73. The first kappa shape index (κ1) is 20.0. The molecule has 1 aliphatic carbocycles. The first-order valence-corrected chi connectivity index (χ1v) is 9.41. The molecule has 0 spiro atoms. The molecule has 0 bridgehead atoms. The number of amides is 1. The van der Waals surface area contributed by atoms with Crippen LogP contribution in [0.3, 0.4) is 0 Å². The molecule has 1 amide bonds. The van der Waals surface area contributed by atoms with Gasteiger partial charge in [-0.1, -0.05) is 31.9 Å². The van der Waals surface area contributed by atoms with E-state index in [1.807, 2.05) is 31.2 Å². The van der Waals surface area contributed by atoms with Crippen molar-refractivity contribution in [1.82, 2.24) is 5.32 Å². The topological polar surface area (TPSA) is 64.6 Å². The molecule has 5 heteroatoms. The van der Waals surface area contributed by atoms with Gasteiger partial charge in [0, 0.05) is 12.1 Å². The van der Waals surface area contributed by atoms with E-state index in [9.17, 15) is 9.59 Å². The van der Waals surface area contributed by atoms with Crippen molar-refractivity contribution < 1.29 is 19.1 Å². The lowest BCUT2D eigenvalue weighted by atomic mass is 9.86. The minimum absolute atomic E-state index is 0.178. The second-order valence-corrected chi connectivity index (χ2v) is 6.79. The third-order valence-corrected chi connectivity index (χ3v) is 4.70. The van der Waals surface area contributed by atoms with Crippen LogP contribution in [0.4, 0.5) is 0 Å². The number of esters is 1. The van der Waals surface area contributed by atoms with Gasteiger partial charge in [0.2, 0.25) is 0 Å². The normalized spacial score (nSPS) is 21.2. The van der Waals surface area contributed by atoms with Crippen molar-refractivity contribution in [2.75, 3.05) is 6.61 Å². The van der Waals surface area contributed by atoms with E-state index in [1.54, 1.807) is 13.0 Å². The third-order valence-electron chi connectivity index (χ3n) is 4.70. The minimum atomic E-state index is -0.804. The van der Waals surface area contributed by atoms with Gasteiger partial charge in [-0.15, -0.1) is 0 Å². The Hall–Kier alpha value is -2.30. The van der Waals surface area contributed by atoms with Crippen LogP contribution in [-0.2, 0) is 14.3 Å². The summed E-state index contributed by atoms with van der Waals surface area (Å²) in [5.41, 5.74) is 0.860. The van der Waals surface area contributed by atoms with Gasteiger partial charge < -0.3 is 14.8 Å². The Morgan fingerprint density at radius 2 is 1.92 bits per heavy atom. The fraction of sp³-hybridized carbons (Fsp3) is 0.524. The van der Waals surface area contributed by atoms with E-state index in [0.29, 0.717) is 12.5 Å². The standard InChI is InChI=1S/C21H29NO4/c1-4-25-18-12-9-17(10-13-18)11-14-20(23)26-16(3)21(24)22-19-8-6-5-7-15(19)2/h9-16,19H,4-8H2,1-3H3,(H,22,24)/b14-11+/t15-,16-,19-/m0/s1. The molecule has 0 aliphatic heterocycles. The molecular weight excluding hydrogens is 330 g/mol. The molecule has 1 aliphatic rings. The number of rotatable bonds is 7. The summed E-state index contributed by atoms with van der Waals surface area (Å²) in [6.07, 6.45) is 6.66. The molecule has 1 aromatic rings. The molecule has 0 radical (unpaired) electrons. The summed E-state index contributed by atoms with van der Waals surface area (Å²) in [5.74, 6) is 0.495. The van der Waals surface area contributed by atoms with Crippen molar-refractivity contribution in [2.45, 2.75) is 58.6 Å². The summed E-state index contributed by atoms with van der Waals surface area (Å²) in [7, 11) is 0. The highest BCUT2D eigenvalue weighted by Crippen LogP contribution is 2.23. The summed E-state index contributed by atoms with van der Waals surface area (Å²) in [6, 6.07) is 7.58. The molecule has 1 aromatic carbocycles. The molecule has 1 N–H and O–H groups in total. The molecule has 1 fully saturated rings. The second kappa shape index (κ2) is 10.00. The van der Waals surface area contributed by atoms with E-state index in [4.69, 9.17) is 9.47 Å². The number of nitrogens with one attached hydrogen (secondary N) is 1. The Bertz CT molecular complexity index is 623. The van der Waals surface area contributed by atoms with Crippen LogP contribution in [0, 0.1) is 5.92 Å². The van der Waals surface area contributed by atoms with Crippen LogP contribution in [-0.4, -0.2) is 30.6 Å². The zero-order valence-electron chi connectivity index (χ0n) is 15.9. The van der Waals surface area contributed by atoms with Crippen molar-refractivity contribution in [3.05, 3.63) is 35.9 Å². The molecule has 0 heterocycles. The van der Waals surface area contributed by atoms with Gasteiger partial charge >= 0.3 is 5.97 Å². The summed E-state index contributed by atoms with van der Waals surface area (Å²) in [4.78, 5) is 24.2. The lowest BCUT2D eigenvalue weighted by Gasteiger charge is -2.30. The van der Waals surface area contributed by atoms with Crippen molar-refractivity contribution in [1.29, 1.82) is 0 Å². The molecule has 0 aromatic heterocycles. The van der Waals surface area contributed by atoms with E-state index in [0.717, 1.165) is 30.6 Å².